The van der Waals surface area contributed by atoms with E-state index in [9.17, 15) is 4.79 Å². The van der Waals surface area contributed by atoms with E-state index in [1.807, 2.05) is 31.2 Å². The van der Waals surface area contributed by atoms with Crippen LogP contribution in [0.25, 0.3) is 11.5 Å². The molecule has 0 aliphatic carbocycles. The summed E-state index contributed by atoms with van der Waals surface area (Å²) in [6, 6.07) is 7.54. The number of carbonyl (C=O) groups is 1. The third-order valence-corrected chi connectivity index (χ3v) is 2.97. The predicted octanol–water partition coefficient (Wildman–Crippen LogP) is 2.34. The maximum Gasteiger partial charge on any atom is 0.226 e. The standard InChI is InChI=1S/C15H18N2O3/c1-10-14(8-9-16-11(2)18)17-15(20-10)12-4-6-13(19-3)7-5-12/h4-7H,8-9H2,1-3H3,(H,16,18). The Hall–Kier alpha value is -2.30. The summed E-state index contributed by atoms with van der Waals surface area (Å²) in [6.45, 7) is 3.94. The number of ether oxygens (including phenoxy) is 1. The van der Waals surface area contributed by atoms with Gasteiger partial charge in [0.05, 0.1) is 12.8 Å². The van der Waals surface area contributed by atoms with E-state index in [4.69, 9.17) is 9.15 Å². The Morgan fingerprint density at radius 3 is 2.65 bits per heavy atom. The molecule has 1 heterocycles. The molecular formula is C15H18N2O3. The van der Waals surface area contributed by atoms with Gasteiger partial charge in [0.2, 0.25) is 11.8 Å². The summed E-state index contributed by atoms with van der Waals surface area (Å²) in [5.41, 5.74) is 1.77. The van der Waals surface area contributed by atoms with E-state index in [-0.39, 0.29) is 5.91 Å². The largest absolute Gasteiger partial charge is 0.497 e. The lowest BCUT2D eigenvalue weighted by Gasteiger charge is -1.99. The first-order chi connectivity index (χ1) is 9.60. The molecule has 5 heteroatoms. The first kappa shape index (κ1) is 14.1. The van der Waals surface area contributed by atoms with Crippen molar-refractivity contribution in [3.8, 4) is 17.2 Å². The van der Waals surface area contributed by atoms with E-state index in [1.165, 1.54) is 6.92 Å². The molecule has 1 amide bonds. The molecule has 1 N–H and O–H groups in total. The van der Waals surface area contributed by atoms with Gasteiger partial charge < -0.3 is 14.5 Å². The molecule has 0 fully saturated rings. The van der Waals surface area contributed by atoms with Gasteiger partial charge in [-0.1, -0.05) is 0 Å². The van der Waals surface area contributed by atoms with Crippen LogP contribution in [-0.2, 0) is 11.2 Å². The zero-order valence-electron chi connectivity index (χ0n) is 11.9. The van der Waals surface area contributed by atoms with Gasteiger partial charge in [-0.05, 0) is 31.2 Å². The van der Waals surface area contributed by atoms with Crippen LogP contribution in [0.2, 0.25) is 0 Å². The summed E-state index contributed by atoms with van der Waals surface area (Å²) in [5.74, 6) is 2.12. The van der Waals surface area contributed by atoms with Crippen LogP contribution in [-0.4, -0.2) is 24.5 Å². The van der Waals surface area contributed by atoms with Crippen LogP contribution in [0.5, 0.6) is 5.75 Å². The van der Waals surface area contributed by atoms with E-state index in [0.717, 1.165) is 22.8 Å². The number of hydrogen-bond donors (Lipinski definition) is 1. The van der Waals surface area contributed by atoms with Gasteiger partial charge >= 0.3 is 0 Å². The first-order valence-corrected chi connectivity index (χ1v) is 6.45. The summed E-state index contributed by atoms with van der Waals surface area (Å²) in [7, 11) is 1.63. The van der Waals surface area contributed by atoms with Crippen LogP contribution in [0.1, 0.15) is 18.4 Å². The zero-order chi connectivity index (χ0) is 14.5. The molecule has 0 aliphatic heterocycles. The molecule has 2 rings (SSSR count). The average molecular weight is 274 g/mol. The maximum atomic E-state index is 10.8. The van der Waals surface area contributed by atoms with Gasteiger partial charge in [0.25, 0.3) is 0 Å². The number of aromatic nitrogens is 1. The summed E-state index contributed by atoms with van der Waals surface area (Å²) in [5, 5.41) is 2.75. The first-order valence-electron chi connectivity index (χ1n) is 6.45. The van der Waals surface area contributed by atoms with E-state index in [1.54, 1.807) is 7.11 Å². The van der Waals surface area contributed by atoms with Crippen LogP contribution in [0.15, 0.2) is 28.7 Å². The predicted molar refractivity (Wildman–Crippen MR) is 75.6 cm³/mol. The topological polar surface area (TPSA) is 64.4 Å². The third kappa shape index (κ3) is 3.38. The second-order valence-electron chi connectivity index (χ2n) is 4.48. The number of nitrogens with one attached hydrogen (secondary N) is 1. The number of benzene rings is 1. The van der Waals surface area contributed by atoms with Crippen molar-refractivity contribution in [2.75, 3.05) is 13.7 Å². The number of methoxy groups -OCH3 is 1. The smallest absolute Gasteiger partial charge is 0.226 e. The van der Waals surface area contributed by atoms with E-state index in [2.05, 4.69) is 10.3 Å². The zero-order valence-corrected chi connectivity index (χ0v) is 11.9. The summed E-state index contributed by atoms with van der Waals surface area (Å²) in [6.07, 6.45) is 0.658. The van der Waals surface area contributed by atoms with Gasteiger partial charge in [-0.2, -0.15) is 0 Å². The lowest BCUT2D eigenvalue weighted by molar-refractivity contribution is -0.118. The Labute approximate surface area is 118 Å². The highest BCUT2D eigenvalue weighted by atomic mass is 16.5. The number of rotatable bonds is 5. The van der Waals surface area contributed by atoms with Crippen molar-refractivity contribution in [3.05, 3.63) is 35.7 Å². The highest BCUT2D eigenvalue weighted by Crippen LogP contribution is 2.24. The van der Waals surface area contributed by atoms with E-state index >= 15 is 0 Å². The molecule has 0 spiro atoms. The highest BCUT2D eigenvalue weighted by Gasteiger charge is 2.11. The summed E-state index contributed by atoms with van der Waals surface area (Å²) in [4.78, 5) is 15.3. The molecule has 0 bridgehead atoms. The SMILES string of the molecule is COc1ccc(-c2nc(CCNC(C)=O)c(C)o2)cc1. The van der Waals surface area contributed by atoms with Crippen molar-refractivity contribution >= 4 is 5.91 Å². The maximum absolute atomic E-state index is 10.8. The van der Waals surface area contributed by atoms with Gasteiger partial charge in [0.15, 0.2) is 0 Å². The fourth-order valence-corrected chi connectivity index (χ4v) is 1.87. The fraction of sp³-hybridized carbons (Fsp3) is 0.333. The molecule has 5 nitrogen and oxygen atoms in total. The van der Waals surface area contributed by atoms with Gasteiger partial charge in [0, 0.05) is 25.5 Å². The number of oxazole rings is 1. The van der Waals surface area contributed by atoms with Crippen molar-refractivity contribution in [2.45, 2.75) is 20.3 Å². The van der Waals surface area contributed by atoms with Crippen LogP contribution < -0.4 is 10.1 Å². The van der Waals surface area contributed by atoms with Gasteiger partial charge in [-0.25, -0.2) is 4.98 Å². The molecule has 0 unspecified atom stereocenters. The molecule has 0 atom stereocenters. The van der Waals surface area contributed by atoms with Crippen molar-refractivity contribution in [1.82, 2.24) is 10.3 Å². The minimum Gasteiger partial charge on any atom is -0.497 e. The Bertz CT molecular complexity index is 588. The molecule has 0 aliphatic rings. The second kappa shape index (κ2) is 6.23. The Kier molecular flexibility index (Phi) is 4.40. The van der Waals surface area contributed by atoms with Crippen LogP contribution in [0.4, 0.5) is 0 Å². The second-order valence-corrected chi connectivity index (χ2v) is 4.48. The van der Waals surface area contributed by atoms with Crippen LogP contribution in [0.3, 0.4) is 0 Å². The minimum absolute atomic E-state index is 0.0403. The normalized spacial score (nSPS) is 10.3. The fourth-order valence-electron chi connectivity index (χ4n) is 1.87. The van der Waals surface area contributed by atoms with E-state index < -0.39 is 0 Å². The molecule has 0 saturated carbocycles. The molecular weight excluding hydrogens is 256 g/mol. The average Bonchev–Trinajstić information content (AvgIpc) is 2.80. The number of aryl methyl sites for hydroxylation is 1. The van der Waals surface area contributed by atoms with Crippen molar-refractivity contribution in [1.29, 1.82) is 0 Å². The quantitative estimate of drug-likeness (QED) is 0.909. The highest BCUT2D eigenvalue weighted by molar-refractivity contribution is 5.72. The Balaban J connectivity index is 2.11. The molecule has 1 aromatic carbocycles. The van der Waals surface area contributed by atoms with Crippen molar-refractivity contribution < 1.29 is 13.9 Å². The molecule has 20 heavy (non-hydrogen) atoms. The Morgan fingerprint density at radius 1 is 1.35 bits per heavy atom. The summed E-state index contributed by atoms with van der Waals surface area (Å²) < 4.78 is 10.8. The van der Waals surface area contributed by atoms with Crippen LogP contribution >= 0.6 is 0 Å². The molecule has 0 radical (unpaired) electrons. The lowest BCUT2D eigenvalue weighted by Crippen LogP contribution is -2.22. The number of hydrogen-bond acceptors (Lipinski definition) is 4. The minimum atomic E-state index is -0.0403. The lowest BCUT2D eigenvalue weighted by atomic mass is 10.2. The van der Waals surface area contributed by atoms with Crippen LogP contribution in [0, 0.1) is 6.92 Å². The van der Waals surface area contributed by atoms with E-state index in [0.29, 0.717) is 18.9 Å². The molecule has 106 valence electrons. The monoisotopic (exact) mass is 274 g/mol. The number of nitrogens with zero attached hydrogens (tertiary/aromatic N) is 1. The van der Waals surface area contributed by atoms with Crippen molar-refractivity contribution in [2.24, 2.45) is 0 Å². The van der Waals surface area contributed by atoms with Crippen molar-refractivity contribution in [3.63, 3.8) is 0 Å². The third-order valence-electron chi connectivity index (χ3n) is 2.97. The molecule has 2 aromatic rings. The summed E-state index contributed by atoms with van der Waals surface area (Å²) >= 11 is 0. The Morgan fingerprint density at radius 2 is 2.05 bits per heavy atom. The van der Waals surface area contributed by atoms with Gasteiger partial charge in [-0.15, -0.1) is 0 Å². The molecule has 0 saturated heterocycles. The van der Waals surface area contributed by atoms with Gasteiger partial charge in [0.1, 0.15) is 11.5 Å². The number of carbonyl (C=O) groups excluding carboxylic acids is 1. The number of amides is 1. The molecule has 1 aromatic heterocycles. The van der Waals surface area contributed by atoms with Gasteiger partial charge in [-0.3, -0.25) is 4.79 Å².